The van der Waals surface area contributed by atoms with Gasteiger partial charge in [0.25, 0.3) is 0 Å². The number of phenolic OH excluding ortho intramolecular Hbond substituents is 1. The van der Waals surface area contributed by atoms with Crippen LogP contribution in [-0.4, -0.2) is 28.7 Å². The third-order valence-corrected chi connectivity index (χ3v) is 6.68. The lowest BCUT2D eigenvalue weighted by Gasteiger charge is -2.21. The van der Waals surface area contributed by atoms with Gasteiger partial charge in [-0.15, -0.1) is 0 Å². The second-order valence-electron chi connectivity index (χ2n) is 7.63. The van der Waals surface area contributed by atoms with E-state index in [0.29, 0.717) is 10.8 Å². The van der Waals surface area contributed by atoms with E-state index in [1.54, 1.807) is 17.8 Å². The average molecular weight is 465 g/mol. The number of aliphatic hydroxyl groups is 1. The van der Waals surface area contributed by atoms with Gasteiger partial charge < -0.3 is 14.9 Å². The molecule has 164 valence electrons. The highest BCUT2D eigenvalue weighted by atomic mass is 35.5. The molecular formula is C27H25ClO3S. The minimum atomic E-state index is -0.595. The minimum absolute atomic E-state index is 0.228. The molecule has 0 radical (unpaired) electrons. The molecule has 0 aliphatic heterocycles. The molecule has 0 saturated heterocycles. The Labute approximate surface area is 197 Å². The van der Waals surface area contributed by atoms with Gasteiger partial charge in [-0.1, -0.05) is 84.4 Å². The van der Waals surface area contributed by atoms with E-state index < -0.39 is 6.10 Å². The van der Waals surface area contributed by atoms with Crippen LogP contribution in [0, 0.1) is 0 Å². The number of thioether (sulfide) groups is 1. The van der Waals surface area contributed by atoms with Crippen LogP contribution in [0.25, 0.3) is 10.8 Å². The van der Waals surface area contributed by atoms with Gasteiger partial charge in [-0.25, -0.2) is 0 Å². The molecule has 3 nitrogen and oxygen atoms in total. The maximum Gasteiger partial charge on any atom is 0.123 e. The van der Waals surface area contributed by atoms with Gasteiger partial charge in [0.2, 0.25) is 0 Å². The number of hydrogen-bond acceptors (Lipinski definition) is 4. The SMILES string of the molecule is Oc1cccc2c(CSCC(O)COC(c3ccccc3)c3ccc(Cl)cc3)cccc12. The Kier molecular flexibility index (Phi) is 7.72. The van der Waals surface area contributed by atoms with Gasteiger partial charge in [0.1, 0.15) is 11.9 Å². The molecule has 0 spiro atoms. The zero-order valence-corrected chi connectivity index (χ0v) is 19.1. The van der Waals surface area contributed by atoms with E-state index in [0.717, 1.165) is 33.2 Å². The van der Waals surface area contributed by atoms with Crippen molar-refractivity contribution in [1.29, 1.82) is 0 Å². The van der Waals surface area contributed by atoms with E-state index >= 15 is 0 Å². The molecule has 5 heteroatoms. The number of phenols is 1. The largest absolute Gasteiger partial charge is 0.507 e. The fraction of sp³-hybridized carbons (Fsp3) is 0.185. The Morgan fingerprint density at radius 1 is 0.781 bits per heavy atom. The van der Waals surface area contributed by atoms with Gasteiger partial charge in [0.05, 0.1) is 12.7 Å². The fourth-order valence-electron chi connectivity index (χ4n) is 3.69. The molecule has 2 N–H and O–H groups in total. The molecule has 0 saturated carbocycles. The highest BCUT2D eigenvalue weighted by Crippen LogP contribution is 2.30. The summed E-state index contributed by atoms with van der Waals surface area (Å²) in [6, 6.07) is 29.1. The smallest absolute Gasteiger partial charge is 0.123 e. The molecule has 0 bridgehead atoms. The molecule has 2 unspecified atom stereocenters. The van der Waals surface area contributed by atoms with Crippen LogP contribution in [0.1, 0.15) is 22.8 Å². The number of fused-ring (bicyclic) bond motifs is 1. The third-order valence-electron chi connectivity index (χ3n) is 5.29. The molecule has 32 heavy (non-hydrogen) atoms. The number of aromatic hydroxyl groups is 1. The van der Waals surface area contributed by atoms with Crippen LogP contribution >= 0.6 is 23.4 Å². The van der Waals surface area contributed by atoms with Crippen molar-refractivity contribution in [2.45, 2.75) is 18.0 Å². The molecule has 0 aliphatic carbocycles. The predicted molar refractivity (Wildman–Crippen MR) is 133 cm³/mol. The molecule has 0 fully saturated rings. The number of halogens is 1. The van der Waals surface area contributed by atoms with Crippen LogP contribution < -0.4 is 0 Å². The zero-order valence-electron chi connectivity index (χ0n) is 17.5. The van der Waals surface area contributed by atoms with Gasteiger partial charge in [-0.2, -0.15) is 11.8 Å². The first-order chi connectivity index (χ1) is 15.6. The first-order valence-electron chi connectivity index (χ1n) is 10.5. The zero-order chi connectivity index (χ0) is 22.3. The van der Waals surface area contributed by atoms with Crippen molar-refractivity contribution in [3.05, 3.63) is 113 Å². The summed E-state index contributed by atoms with van der Waals surface area (Å²) in [5.74, 6) is 1.59. The number of rotatable bonds is 9. The van der Waals surface area contributed by atoms with E-state index in [2.05, 4.69) is 6.07 Å². The van der Waals surface area contributed by atoms with Gasteiger partial charge in [-0.05, 0) is 40.3 Å². The van der Waals surface area contributed by atoms with Crippen LogP contribution in [0.2, 0.25) is 5.02 Å². The summed E-state index contributed by atoms with van der Waals surface area (Å²) in [5, 5.41) is 23.2. The maximum absolute atomic E-state index is 10.6. The summed E-state index contributed by atoms with van der Waals surface area (Å²) in [6.07, 6.45) is -0.865. The van der Waals surface area contributed by atoms with E-state index in [9.17, 15) is 10.2 Å². The second-order valence-corrected chi connectivity index (χ2v) is 9.10. The van der Waals surface area contributed by atoms with Crippen molar-refractivity contribution in [3.63, 3.8) is 0 Å². The molecule has 4 aromatic rings. The topological polar surface area (TPSA) is 49.7 Å². The number of benzene rings is 4. The lowest BCUT2D eigenvalue weighted by atomic mass is 10.0. The van der Waals surface area contributed by atoms with E-state index in [-0.39, 0.29) is 18.5 Å². The van der Waals surface area contributed by atoms with Crippen LogP contribution in [0.3, 0.4) is 0 Å². The molecule has 0 heterocycles. The number of aliphatic hydroxyl groups excluding tert-OH is 1. The molecule has 0 amide bonds. The monoisotopic (exact) mass is 464 g/mol. The Hall–Kier alpha value is -2.50. The Bertz CT molecular complexity index is 1150. The Balaban J connectivity index is 1.36. The van der Waals surface area contributed by atoms with Gasteiger partial charge in [-0.3, -0.25) is 0 Å². The maximum atomic E-state index is 10.6. The summed E-state index contributed by atoms with van der Waals surface area (Å²) in [6.45, 7) is 0.228. The molecule has 0 aliphatic rings. The van der Waals surface area contributed by atoms with Gasteiger partial charge in [0, 0.05) is 21.9 Å². The molecule has 2 atom stereocenters. The summed E-state index contributed by atoms with van der Waals surface area (Å²) in [5.41, 5.74) is 3.17. The van der Waals surface area contributed by atoms with Crippen molar-refractivity contribution in [3.8, 4) is 5.75 Å². The summed E-state index contributed by atoms with van der Waals surface area (Å²) >= 11 is 7.70. The van der Waals surface area contributed by atoms with Crippen LogP contribution in [0.4, 0.5) is 0 Å². The second kappa shape index (κ2) is 10.9. The Morgan fingerprint density at radius 2 is 1.47 bits per heavy atom. The van der Waals surface area contributed by atoms with E-state index in [1.165, 1.54) is 0 Å². The van der Waals surface area contributed by atoms with Crippen molar-refractivity contribution < 1.29 is 14.9 Å². The molecule has 4 rings (SSSR count). The number of hydrogen-bond donors (Lipinski definition) is 2. The summed E-state index contributed by atoms with van der Waals surface area (Å²) in [4.78, 5) is 0. The summed E-state index contributed by atoms with van der Waals surface area (Å²) in [7, 11) is 0. The molecule has 0 aromatic heterocycles. The molecular weight excluding hydrogens is 440 g/mol. The van der Waals surface area contributed by atoms with Crippen molar-refractivity contribution in [2.75, 3.05) is 12.4 Å². The minimum Gasteiger partial charge on any atom is -0.507 e. The predicted octanol–water partition coefficient (Wildman–Crippen LogP) is 6.60. The standard InChI is InChI=1S/C27H25ClO3S/c28-22-14-12-20(13-15-22)27(19-6-2-1-3-7-19)31-16-23(29)18-32-17-21-8-4-10-25-24(21)9-5-11-26(25)30/h1-15,23,27,29-30H,16-18H2. The van der Waals surface area contributed by atoms with Crippen molar-refractivity contribution >= 4 is 34.1 Å². The van der Waals surface area contributed by atoms with Crippen molar-refractivity contribution in [1.82, 2.24) is 0 Å². The first-order valence-corrected chi connectivity index (χ1v) is 12.0. The molecule has 4 aromatic carbocycles. The van der Waals surface area contributed by atoms with Crippen LogP contribution in [0.5, 0.6) is 5.75 Å². The van der Waals surface area contributed by atoms with Gasteiger partial charge >= 0.3 is 0 Å². The quantitative estimate of drug-likeness (QED) is 0.293. The van der Waals surface area contributed by atoms with E-state index in [4.69, 9.17) is 16.3 Å². The normalized spacial score (nSPS) is 13.2. The van der Waals surface area contributed by atoms with Crippen molar-refractivity contribution in [2.24, 2.45) is 0 Å². The highest BCUT2D eigenvalue weighted by Gasteiger charge is 2.17. The lowest BCUT2D eigenvalue weighted by Crippen LogP contribution is -2.20. The fourth-order valence-corrected chi connectivity index (χ4v) is 4.78. The first kappa shape index (κ1) is 22.7. The third kappa shape index (κ3) is 5.64. The lowest BCUT2D eigenvalue weighted by molar-refractivity contribution is 0.0155. The summed E-state index contributed by atoms with van der Waals surface area (Å²) < 4.78 is 6.17. The highest BCUT2D eigenvalue weighted by molar-refractivity contribution is 7.98. The number of ether oxygens (including phenoxy) is 1. The van der Waals surface area contributed by atoms with E-state index in [1.807, 2.05) is 78.9 Å². The van der Waals surface area contributed by atoms with Gasteiger partial charge in [0.15, 0.2) is 0 Å². The Morgan fingerprint density at radius 3 is 2.25 bits per heavy atom. The van der Waals surface area contributed by atoms with Crippen LogP contribution in [0.15, 0.2) is 91.0 Å². The van der Waals surface area contributed by atoms with Crippen LogP contribution in [-0.2, 0) is 10.5 Å². The average Bonchev–Trinajstić information content (AvgIpc) is 2.82.